The molecule has 15 heavy (non-hydrogen) atoms. The fourth-order valence-corrected chi connectivity index (χ4v) is 1.55. The van der Waals surface area contributed by atoms with E-state index in [1.165, 1.54) is 0 Å². The largest absolute Gasteiger partial charge is 0.243 e. The summed E-state index contributed by atoms with van der Waals surface area (Å²) in [7, 11) is 0. The van der Waals surface area contributed by atoms with Crippen LogP contribution >= 0.6 is 11.6 Å². The molecule has 2 rings (SSSR count). The molecule has 0 atom stereocenters. The van der Waals surface area contributed by atoms with Gasteiger partial charge in [-0.3, -0.25) is 0 Å². The summed E-state index contributed by atoms with van der Waals surface area (Å²) in [5.74, 6) is 0. The van der Waals surface area contributed by atoms with Crippen LogP contribution in [0.2, 0.25) is 5.15 Å². The smallest absolute Gasteiger partial charge is 0.129 e. The van der Waals surface area contributed by atoms with Crippen molar-refractivity contribution in [2.75, 3.05) is 0 Å². The Morgan fingerprint density at radius 2 is 2.27 bits per heavy atom. The minimum absolute atomic E-state index is 0.483. The molecule has 0 spiro atoms. The van der Waals surface area contributed by atoms with Crippen LogP contribution in [0.4, 0.5) is 0 Å². The van der Waals surface area contributed by atoms with E-state index < -0.39 is 0 Å². The molecule has 2 heterocycles. The fourth-order valence-electron chi connectivity index (χ4n) is 1.38. The number of rotatable bonds is 3. The summed E-state index contributed by atoms with van der Waals surface area (Å²) >= 11 is 5.83. The molecule has 78 valence electrons. The molecule has 0 N–H and O–H groups in total. The number of pyridine rings is 1. The van der Waals surface area contributed by atoms with Crippen molar-refractivity contribution < 1.29 is 0 Å². The molecule has 2 aromatic rings. The van der Waals surface area contributed by atoms with Crippen LogP contribution in [0.25, 0.3) is 11.4 Å². The van der Waals surface area contributed by atoms with Gasteiger partial charge in [0.2, 0.25) is 0 Å². The average Bonchev–Trinajstić information content (AvgIpc) is 2.66. The van der Waals surface area contributed by atoms with Crippen molar-refractivity contribution in [3.05, 3.63) is 29.5 Å². The molecular formula is C10H11ClN4. The van der Waals surface area contributed by atoms with E-state index in [1.807, 2.05) is 16.8 Å². The van der Waals surface area contributed by atoms with Gasteiger partial charge in [-0.15, -0.1) is 5.10 Å². The van der Waals surface area contributed by atoms with Crippen molar-refractivity contribution in [1.82, 2.24) is 20.0 Å². The zero-order valence-electron chi connectivity index (χ0n) is 8.39. The lowest BCUT2D eigenvalue weighted by molar-refractivity contribution is 0.583. The molecular weight excluding hydrogens is 212 g/mol. The summed E-state index contributed by atoms with van der Waals surface area (Å²) in [6.45, 7) is 2.93. The van der Waals surface area contributed by atoms with Gasteiger partial charge in [0.15, 0.2) is 0 Å². The summed E-state index contributed by atoms with van der Waals surface area (Å²) in [5.41, 5.74) is 1.71. The SMILES string of the molecule is CCCn1nncc1-c1cccc(Cl)n1. The van der Waals surface area contributed by atoms with Gasteiger partial charge in [-0.1, -0.05) is 29.8 Å². The number of aromatic nitrogens is 4. The summed E-state index contributed by atoms with van der Waals surface area (Å²) in [6.07, 6.45) is 2.71. The van der Waals surface area contributed by atoms with Gasteiger partial charge in [0.1, 0.15) is 10.8 Å². The molecule has 0 bridgehead atoms. The van der Waals surface area contributed by atoms with Crippen molar-refractivity contribution in [3.63, 3.8) is 0 Å². The van der Waals surface area contributed by atoms with E-state index in [0.29, 0.717) is 5.15 Å². The van der Waals surface area contributed by atoms with Crippen LogP contribution in [0.3, 0.4) is 0 Å². The summed E-state index contributed by atoms with van der Waals surface area (Å²) in [6, 6.07) is 5.52. The van der Waals surface area contributed by atoms with Crippen LogP contribution in [-0.2, 0) is 6.54 Å². The molecule has 5 heteroatoms. The number of hydrogen-bond acceptors (Lipinski definition) is 3. The first-order valence-corrected chi connectivity index (χ1v) is 5.20. The van der Waals surface area contributed by atoms with Crippen molar-refractivity contribution in [2.24, 2.45) is 0 Å². The van der Waals surface area contributed by atoms with Gasteiger partial charge in [0.25, 0.3) is 0 Å². The molecule has 2 aromatic heterocycles. The first kappa shape index (κ1) is 10.1. The van der Waals surface area contributed by atoms with Crippen LogP contribution in [-0.4, -0.2) is 20.0 Å². The van der Waals surface area contributed by atoms with E-state index in [2.05, 4.69) is 22.2 Å². The molecule has 0 aliphatic carbocycles. The molecule has 0 aliphatic heterocycles. The number of aryl methyl sites for hydroxylation is 1. The highest BCUT2D eigenvalue weighted by Crippen LogP contribution is 2.17. The van der Waals surface area contributed by atoms with Gasteiger partial charge in [0.05, 0.1) is 11.9 Å². The highest BCUT2D eigenvalue weighted by atomic mass is 35.5. The van der Waals surface area contributed by atoms with E-state index in [1.54, 1.807) is 12.3 Å². The van der Waals surface area contributed by atoms with E-state index >= 15 is 0 Å². The van der Waals surface area contributed by atoms with E-state index in [4.69, 9.17) is 11.6 Å². The monoisotopic (exact) mass is 222 g/mol. The minimum atomic E-state index is 0.483. The molecule has 0 saturated heterocycles. The lowest BCUT2D eigenvalue weighted by Crippen LogP contribution is -2.02. The quantitative estimate of drug-likeness (QED) is 0.749. The maximum Gasteiger partial charge on any atom is 0.129 e. The summed E-state index contributed by atoms with van der Waals surface area (Å²) in [5, 5.41) is 8.36. The molecule has 0 aromatic carbocycles. The van der Waals surface area contributed by atoms with Crippen molar-refractivity contribution in [1.29, 1.82) is 0 Å². The molecule has 0 aliphatic rings. The van der Waals surface area contributed by atoms with Crippen LogP contribution in [0.5, 0.6) is 0 Å². The van der Waals surface area contributed by atoms with Gasteiger partial charge >= 0.3 is 0 Å². The lowest BCUT2D eigenvalue weighted by atomic mass is 10.3. The molecule has 0 saturated carbocycles. The molecule has 4 nitrogen and oxygen atoms in total. The number of nitrogens with zero attached hydrogens (tertiary/aromatic N) is 4. The average molecular weight is 223 g/mol. The Kier molecular flexibility index (Phi) is 2.97. The second-order valence-electron chi connectivity index (χ2n) is 3.19. The molecule has 0 fully saturated rings. The third kappa shape index (κ3) is 2.15. The third-order valence-electron chi connectivity index (χ3n) is 2.03. The Balaban J connectivity index is 2.40. The van der Waals surface area contributed by atoms with E-state index in [9.17, 15) is 0 Å². The second-order valence-corrected chi connectivity index (χ2v) is 3.58. The Bertz CT molecular complexity index is 452. The van der Waals surface area contributed by atoms with E-state index in [-0.39, 0.29) is 0 Å². The van der Waals surface area contributed by atoms with Crippen molar-refractivity contribution in [3.8, 4) is 11.4 Å². The van der Waals surface area contributed by atoms with Gasteiger partial charge in [0, 0.05) is 6.54 Å². The van der Waals surface area contributed by atoms with E-state index in [0.717, 1.165) is 24.4 Å². The minimum Gasteiger partial charge on any atom is -0.243 e. The summed E-state index contributed by atoms with van der Waals surface area (Å²) < 4.78 is 1.83. The third-order valence-corrected chi connectivity index (χ3v) is 2.24. The molecule has 0 unspecified atom stereocenters. The lowest BCUT2D eigenvalue weighted by Gasteiger charge is -2.03. The fraction of sp³-hybridized carbons (Fsp3) is 0.300. The number of halogens is 1. The Labute approximate surface area is 92.9 Å². The Hall–Kier alpha value is -1.42. The predicted molar refractivity (Wildman–Crippen MR) is 58.6 cm³/mol. The van der Waals surface area contributed by atoms with Crippen LogP contribution in [0, 0.1) is 0 Å². The molecule has 0 radical (unpaired) electrons. The van der Waals surface area contributed by atoms with Gasteiger partial charge in [-0.2, -0.15) is 0 Å². The van der Waals surface area contributed by atoms with Crippen molar-refractivity contribution in [2.45, 2.75) is 19.9 Å². The van der Waals surface area contributed by atoms with Gasteiger partial charge in [-0.25, -0.2) is 9.67 Å². The summed E-state index contributed by atoms with van der Waals surface area (Å²) in [4.78, 5) is 4.22. The van der Waals surface area contributed by atoms with Crippen molar-refractivity contribution >= 4 is 11.6 Å². The predicted octanol–water partition coefficient (Wildman–Crippen LogP) is 2.40. The zero-order valence-corrected chi connectivity index (χ0v) is 9.15. The molecule has 0 amide bonds. The second kappa shape index (κ2) is 4.40. The number of hydrogen-bond donors (Lipinski definition) is 0. The maximum absolute atomic E-state index is 5.83. The first-order chi connectivity index (χ1) is 7.31. The highest BCUT2D eigenvalue weighted by molar-refractivity contribution is 6.29. The first-order valence-electron chi connectivity index (χ1n) is 4.82. The topological polar surface area (TPSA) is 43.6 Å². The zero-order chi connectivity index (χ0) is 10.7. The van der Waals surface area contributed by atoms with Crippen LogP contribution in [0.1, 0.15) is 13.3 Å². The van der Waals surface area contributed by atoms with Gasteiger partial charge < -0.3 is 0 Å². The normalized spacial score (nSPS) is 10.5. The Morgan fingerprint density at radius 3 is 3.00 bits per heavy atom. The Morgan fingerprint density at radius 1 is 1.40 bits per heavy atom. The standard InChI is InChI=1S/C10H11ClN4/c1-2-6-15-9(7-12-14-15)8-4-3-5-10(11)13-8/h3-5,7H,2,6H2,1H3. The maximum atomic E-state index is 5.83. The van der Waals surface area contributed by atoms with Crippen LogP contribution in [0.15, 0.2) is 24.4 Å². The van der Waals surface area contributed by atoms with Gasteiger partial charge in [-0.05, 0) is 18.6 Å². The van der Waals surface area contributed by atoms with Crippen LogP contribution < -0.4 is 0 Å². The highest BCUT2D eigenvalue weighted by Gasteiger charge is 2.07.